The normalized spacial score (nSPS) is 15.1. The Labute approximate surface area is 212 Å². The molecule has 0 radical (unpaired) electrons. The maximum Gasteiger partial charge on any atom is 0.416 e. The summed E-state index contributed by atoms with van der Waals surface area (Å²) in [6, 6.07) is 7.23. The highest BCUT2D eigenvalue weighted by molar-refractivity contribution is 7.91. The van der Waals surface area contributed by atoms with Crippen molar-refractivity contribution in [2.75, 3.05) is 30.8 Å². The number of halogens is 4. The predicted octanol–water partition coefficient (Wildman–Crippen LogP) is 5.36. The molecule has 36 heavy (non-hydrogen) atoms. The molecule has 2 aromatic rings. The predicted molar refractivity (Wildman–Crippen MR) is 129 cm³/mol. The fourth-order valence-corrected chi connectivity index (χ4v) is 5.53. The van der Waals surface area contributed by atoms with E-state index in [1.54, 1.807) is 0 Å². The van der Waals surface area contributed by atoms with E-state index in [0.717, 1.165) is 11.0 Å². The molecule has 1 saturated heterocycles. The summed E-state index contributed by atoms with van der Waals surface area (Å²) in [6.07, 6.45) is -4.79. The smallest absolute Gasteiger partial charge is 0.416 e. The molecule has 2 amide bonds. The molecule has 0 bridgehead atoms. The second kappa shape index (κ2) is 10.7. The molecule has 1 aliphatic heterocycles. The maximum absolute atomic E-state index is 13.9. The van der Waals surface area contributed by atoms with Crippen LogP contribution in [0.1, 0.15) is 41.3 Å². The lowest BCUT2D eigenvalue weighted by molar-refractivity contribution is -0.138. The first-order valence-electron chi connectivity index (χ1n) is 11.2. The fourth-order valence-electron chi connectivity index (χ4n) is 4.26. The second-order valence-electron chi connectivity index (χ2n) is 8.67. The minimum Gasteiger partial charge on any atom is -0.465 e. The van der Waals surface area contributed by atoms with Crippen LogP contribution in [-0.2, 0) is 22.4 Å². The lowest BCUT2D eigenvalue weighted by Crippen LogP contribution is -2.38. The molecular weight excluding hydrogens is 521 g/mol. The summed E-state index contributed by atoms with van der Waals surface area (Å²) in [5.41, 5.74) is -1.21. The summed E-state index contributed by atoms with van der Waals surface area (Å²) >= 11 is 6.01. The standard InChI is InChI=1S/C24H26ClF3N2O5S/c1-3-36(34,35)21-7-6-18(25)14-20(21)29(2)22(31)17-5-4-16(19(13-17)24(26,27)28)12-15-8-10-30(11-9-15)23(32)33/h4-7,13-15H,3,8-12H2,1-2H3,(H,32,33). The molecule has 0 aromatic heterocycles. The Morgan fingerprint density at radius 1 is 1.14 bits per heavy atom. The number of hydrogen-bond acceptors (Lipinski definition) is 4. The lowest BCUT2D eigenvalue weighted by Gasteiger charge is -2.30. The minimum absolute atomic E-state index is 0.0208. The van der Waals surface area contributed by atoms with Crippen molar-refractivity contribution in [3.63, 3.8) is 0 Å². The number of benzene rings is 2. The minimum atomic E-state index is -4.72. The third kappa shape index (κ3) is 6.12. The molecule has 0 unspecified atom stereocenters. The summed E-state index contributed by atoms with van der Waals surface area (Å²) in [5, 5.41) is 9.23. The van der Waals surface area contributed by atoms with Crippen molar-refractivity contribution in [3.8, 4) is 0 Å². The van der Waals surface area contributed by atoms with Gasteiger partial charge in [0.25, 0.3) is 5.91 Å². The molecule has 0 aliphatic carbocycles. The van der Waals surface area contributed by atoms with Crippen molar-refractivity contribution >= 4 is 39.1 Å². The second-order valence-corrected chi connectivity index (χ2v) is 11.3. The van der Waals surface area contributed by atoms with E-state index < -0.39 is 33.6 Å². The van der Waals surface area contributed by atoms with Crippen LogP contribution in [-0.4, -0.2) is 56.3 Å². The van der Waals surface area contributed by atoms with Gasteiger partial charge in [0, 0.05) is 30.7 Å². The molecule has 0 atom stereocenters. The number of amides is 2. The van der Waals surface area contributed by atoms with E-state index in [1.165, 1.54) is 49.2 Å². The van der Waals surface area contributed by atoms with E-state index in [1.807, 2.05) is 0 Å². The highest BCUT2D eigenvalue weighted by atomic mass is 35.5. The first-order valence-corrected chi connectivity index (χ1v) is 13.3. The third-order valence-corrected chi connectivity index (χ3v) is 8.37. The SMILES string of the molecule is CCS(=O)(=O)c1ccc(Cl)cc1N(C)C(=O)c1ccc(CC2CCN(C(=O)O)CC2)c(C(F)(F)F)c1. The molecular formula is C24H26ClF3N2O5S. The quantitative estimate of drug-likeness (QED) is 0.526. The van der Waals surface area contributed by atoms with Gasteiger partial charge >= 0.3 is 12.3 Å². The molecule has 1 heterocycles. The van der Waals surface area contributed by atoms with Crippen LogP contribution in [0.2, 0.25) is 5.02 Å². The van der Waals surface area contributed by atoms with Crippen LogP contribution in [0.15, 0.2) is 41.3 Å². The number of anilines is 1. The van der Waals surface area contributed by atoms with Gasteiger partial charge in [0.1, 0.15) is 0 Å². The Kier molecular flexibility index (Phi) is 8.24. The van der Waals surface area contributed by atoms with Gasteiger partial charge in [-0.1, -0.05) is 24.6 Å². The van der Waals surface area contributed by atoms with Gasteiger partial charge < -0.3 is 14.9 Å². The zero-order chi connectivity index (χ0) is 26.8. The number of nitrogens with zero attached hydrogens (tertiary/aromatic N) is 2. The van der Waals surface area contributed by atoms with Gasteiger partial charge in [-0.2, -0.15) is 13.2 Å². The molecule has 1 fully saturated rings. The number of sulfone groups is 1. The number of hydrogen-bond donors (Lipinski definition) is 1. The molecule has 7 nitrogen and oxygen atoms in total. The van der Waals surface area contributed by atoms with Crippen LogP contribution < -0.4 is 4.90 Å². The molecule has 0 spiro atoms. The van der Waals surface area contributed by atoms with E-state index in [-0.39, 0.29) is 57.9 Å². The fraction of sp³-hybridized carbons (Fsp3) is 0.417. The number of piperidine rings is 1. The van der Waals surface area contributed by atoms with E-state index in [2.05, 4.69) is 0 Å². The van der Waals surface area contributed by atoms with Crippen LogP contribution in [0, 0.1) is 5.92 Å². The highest BCUT2D eigenvalue weighted by Crippen LogP contribution is 2.36. The van der Waals surface area contributed by atoms with Gasteiger partial charge in [0.2, 0.25) is 0 Å². The molecule has 3 rings (SSSR count). The summed E-state index contributed by atoms with van der Waals surface area (Å²) in [6.45, 7) is 1.95. The van der Waals surface area contributed by atoms with Gasteiger partial charge in [-0.25, -0.2) is 13.2 Å². The maximum atomic E-state index is 13.9. The van der Waals surface area contributed by atoms with Gasteiger partial charge in [0.15, 0.2) is 9.84 Å². The number of carbonyl (C=O) groups is 2. The number of alkyl halides is 3. The monoisotopic (exact) mass is 546 g/mol. The third-order valence-electron chi connectivity index (χ3n) is 6.36. The van der Waals surface area contributed by atoms with Crippen LogP contribution in [0.25, 0.3) is 0 Å². The molecule has 0 saturated carbocycles. The largest absolute Gasteiger partial charge is 0.465 e. The van der Waals surface area contributed by atoms with Crippen LogP contribution in [0.4, 0.5) is 23.7 Å². The van der Waals surface area contributed by atoms with Crippen LogP contribution in [0.5, 0.6) is 0 Å². The Morgan fingerprint density at radius 3 is 2.33 bits per heavy atom. The summed E-state index contributed by atoms with van der Waals surface area (Å²) < 4.78 is 66.9. The van der Waals surface area contributed by atoms with Crippen molar-refractivity contribution in [1.82, 2.24) is 4.90 Å². The van der Waals surface area contributed by atoms with Crippen LogP contribution in [0.3, 0.4) is 0 Å². The van der Waals surface area contributed by atoms with Crippen molar-refractivity contribution in [2.45, 2.75) is 37.3 Å². The van der Waals surface area contributed by atoms with Gasteiger partial charge in [-0.15, -0.1) is 0 Å². The molecule has 1 N–H and O–H groups in total. The first kappa shape index (κ1) is 27.8. The van der Waals surface area contributed by atoms with Gasteiger partial charge in [-0.3, -0.25) is 4.79 Å². The molecule has 1 aliphatic rings. The first-order chi connectivity index (χ1) is 16.7. The zero-order valence-electron chi connectivity index (χ0n) is 19.7. The average Bonchev–Trinajstić information content (AvgIpc) is 2.82. The number of carbonyl (C=O) groups excluding carboxylic acids is 1. The number of carboxylic acid groups (broad SMARTS) is 1. The Hall–Kier alpha value is -2.79. The molecule has 12 heteroatoms. The van der Waals surface area contributed by atoms with E-state index >= 15 is 0 Å². The lowest BCUT2D eigenvalue weighted by atomic mass is 9.87. The average molecular weight is 547 g/mol. The van der Waals surface area contributed by atoms with Crippen molar-refractivity contribution in [1.29, 1.82) is 0 Å². The number of rotatable bonds is 6. The summed E-state index contributed by atoms with van der Waals surface area (Å²) in [4.78, 5) is 26.3. The Morgan fingerprint density at radius 2 is 1.78 bits per heavy atom. The van der Waals surface area contributed by atoms with Crippen molar-refractivity contribution in [2.24, 2.45) is 5.92 Å². The van der Waals surface area contributed by atoms with Crippen molar-refractivity contribution in [3.05, 3.63) is 58.1 Å². The zero-order valence-corrected chi connectivity index (χ0v) is 21.3. The van der Waals surface area contributed by atoms with E-state index in [9.17, 15) is 31.2 Å². The summed E-state index contributed by atoms with van der Waals surface area (Å²) in [5.74, 6) is -1.18. The van der Waals surface area contributed by atoms with Crippen LogP contribution >= 0.6 is 11.6 Å². The molecule has 196 valence electrons. The van der Waals surface area contributed by atoms with Crippen molar-refractivity contribution < 1.29 is 36.3 Å². The summed E-state index contributed by atoms with van der Waals surface area (Å²) in [7, 11) is -2.47. The number of likely N-dealkylation sites (tertiary alicyclic amines) is 1. The Balaban J connectivity index is 1.92. The highest BCUT2D eigenvalue weighted by Gasteiger charge is 2.35. The Bertz CT molecular complexity index is 1260. The van der Waals surface area contributed by atoms with Gasteiger partial charge in [-0.05, 0) is 61.1 Å². The molecule has 2 aromatic carbocycles. The van der Waals surface area contributed by atoms with E-state index in [4.69, 9.17) is 16.7 Å². The van der Waals surface area contributed by atoms with Gasteiger partial charge in [0.05, 0.1) is 21.9 Å². The topological polar surface area (TPSA) is 95.0 Å². The van der Waals surface area contributed by atoms with E-state index in [0.29, 0.717) is 12.8 Å².